The van der Waals surface area contributed by atoms with Gasteiger partial charge in [-0.1, -0.05) is 30.4 Å². The molecule has 0 radical (unpaired) electrons. The minimum absolute atomic E-state index is 0.239. The van der Waals surface area contributed by atoms with Gasteiger partial charge in [-0.3, -0.25) is 0 Å². The van der Waals surface area contributed by atoms with Crippen molar-refractivity contribution < 1.29 is 8.78 Å². The molecule has 5 nitrogen and oxygen atoms in total. The van der Waals surface area contributed by atoms with Gasteiger partial charge < -0.3 is 5.32 Å². The molecule has 2 aromatic heterocycles. The third-order valence-electron chi connectivity index (χ3n) is 3.11. The Hall–Kier alpha value is -2.13. The fourth-order valence-electron chi connectivity index (χ4n) is 1.89. The van der Waals surface area contributed by atoms with Crippen molar-refractivity contribution in [3.05, 3.63) is 53.5 Å². The van der Waals surface area contributed by atoms with Crippen LogP contribution < -0.4 is 5.32 Å². The van der Waals surface area contributed by atoms with E-state index in [2.05, 4.69) is 25.5 Å². The number of hydrogen-bond donors (Lipinski definition) is 1. The van der Waals surface area contributed by atoms with Gasteiger partial charge in [0.05, 0.1) is 5.69 Å². The molecular formula is C15H13F2N5S2. The van der Waals surface area contributed by atoms with Crippen LogP contribution in [-0.2, 0) is 13.0 Å². The van der Waals surface area contributed by atoms with E-state index in [0.717, 1.165) is 17.3 Å². The number of halogens is 2. The molecule has 0 saturated heterocycles. The van der Waals surface area contributed by atoms with Crippen LogP contribution in [0.3, 0.4) is 0 Å². The van der Waals surface area contributed by atoms with Gasteiger partial charge in [0, 0.05) is 6.54 Å². The van der Waals surface area contributed by atoms with Crippen molar-refractivity contribution in [1.29, 1.82) is 0 Å². The summed E-state index contributed by atoms with van der Waals surface area (Å²) in [5.74, 6) is -0.687. The summed E-state index contributed by atoms with van der Waals surface area (Å²) >= 11 is 2.42. The van der Waals surface area contributed by atoms with Crippen LogP contribution in [0.5, 0.6) is 0 Å². The summed E-state index contributed by atoms with van der Waals surface area (Å²) in [7, 11) is 0. The van der Waals surface area contributed by atoms with E-state index in [1.54, 1.807) is 12.1 Å². The molecule has 0 amide bonds. The van der Waals surface area contributed by atoms with E-state index in [1.165, 1.54) is 29.8 Å². The molecule has 0 atom stereocenters. The molecule has 124 valence electrons. The smallest absolute Gasteiger partial charge is 0.206 e. The second-order valence-electron chi connectivity index (χ2n) is 4.75. The van der Waals surface area contributed by atoms with Crippen molar-refractivity contribution >= 4 is 28.2 Å². The summed E-state index contributed by atoms with van der Waals surface area (Å²) in [5, 5.41) is 12.0. The highest BCUT2D eigenvalue weighted by molar-refractivity contribution is 8.01. The van der Waals surface area contributed by atoms with Crippen molar-refractivity contribution in [2.75, 3.05) is 5.32 Å². The molecule has 24 heavy (non-hydrogen) atoms. The van der Waals surface area contributed by atoms with Crippen LogP contribution in [0.25, 0.3) is 0 Å². The van der Waals surface area contributed by atoms with E-state index in [0.29, 0.717) is 28.1 Å². The van der Waals surface area contributed by atoms with Gasteiger partial charge in [0.15, 0.2) is 10.2 Å². The normalized spacial score (nSPS) is 10.8. The molecule has 9 heteroatoms. The maximum absolute atomic E-state index is 14.1. The quantitative estimate of drug-likeness (QED) is 0.668. The minimum atomic E-state index is -0.416. The summed E-state index contributed by atoms with van der Waals surface area (Å²) in [6.45, 7) is 2.34. The van der Waals surface area contributed by atoms with E-state index in [4.69, 9.17) is 0 Å². The zero-order chi connectivity index (χ0) is 16.9. The van der Waals surface area contributed by atoms with Gasteiger partial charge in [-0.15, -0.1) is 10.2 Å². The lowest BCUT2D eigenvalue weighted by Crippen LogP contribution is -1.98. The number of aromatic nitrogens is 4. The highest BCUT2D eigenvalue weighted by Gasteiger charge is 2.14. The number of benzene rings is 1. The maximum Gasteiger partial charge on any atom is 0.206 e. The first-order valence-electron chi connectivity index (χ1n) is 7.14. The average Bonchev–Trinajstić information content (AvgIpc) is 3.04. The molecule has 3 rings (SSSR count). The van der Waals surface area contributed by atoms with E-state index in [-0.39, 0.29) is 10.8 Å². The van der Waals surface area contributed by atoms with Gasteiger partial charge >= 0.3 is 0 Å². The standard InChI is InChI=1S/C15H13F2N5S2/c1-2-11-12(17)13(20-8-19-11)23-15-22-21-14(24-15)18-7-9-3-5-10(16)6-4-9/h3-6,8H,2,7H2,1H3,(H,18,21). The molecule has 0 unspecified atom stereocenters. The molecule has 1 aromatic carbocycles. The van der Waals surface area contributed by atoms with Crippen LogP contribution >= 0.6 is 23.1 Å². The van der Waals surface area contributed by atoms with Crippen LogP contribution in [0.1, 0.15) is 18.2 Å². The average molecular weight is 365 g/mol. The summed E-state index contributed by atoms with van der Waals surface area (Å²) in [5.41, 5.74) is 1.31. The first-order valence-corrected chi connectivity index (χ1v) is 8.78. The van der Waals surface area contributed by atoms with Crippen LogP contribution in [-0.4, -0.2) is 20.2 Å². The topological polar surface area (TPSA) is 63.6 Å². The van der Waals surface area contributed by atoms with Crippen molar-refractivity contribution in [3.63, 3.8) is 0 Å². The summed E-state index contributed by atoms with van der Waals surface area (Å²) in [6, 6.07) is 6.20. The Morgan fingerprint density at radius 1 is 1.12 bits per heavy atom. The molecule has 0 spiro atoms. The van der Waals surface area contributed by atoms with Gasteiger partial charge in [0.1, 0.15) is 17.2 Å². The number of nitrogens with one attached hydrogen (secondary N) is 1. The van der Waals surface area contributed by atoms with Crippen LogP contribution in [0.2, 0.25) is 0 Å². The molecule has 0 saturated carbocycles. The number of anilines is 1. The van der Waals surface area contributed by atoms with Crippen molar-refractivity contribution in [3.8, 4) is 0 Å². The minimum Gasteiger partial charge on any atom is -0.356 e. The molecule has 0 aliphatic carbocycles. The summed E-state index contributed by atoms with van der Waals surface area (Å²) in [6.07, 6.45) is 1.85. The fourth-order valence-corrected chi connectivity index (χ4v) is 3.56. The molecular weight excluding hydrogens is 352 g/mol. The molecule has 1 N–H and O–H groups in total. The molecule has 0 aliphatic heterocycles. The Morgan fingerprint density at radius 2 is 1.92 bits per heavy atom. The van der Waals surface area contributed by atoms with Gasteiger partial charge in [-0.05, 0) is 35.9 Å². The lowest BCUT2D eigenvalue weighted by atomic mass is 10.2. The van der Waals surface area contributed by atoms with Gasteiger partial charge in [0.25, 0.3) is 0 Å². The molecule has 2 heterocycles. The number of nitrogens with zero attached hydrogens (tertiary/aromatic N) is 4. The Labute approximate surface area is 145 Å². The molecule has 0 aliphatic rings. The summed E-state index contributed by atoms with van der Waals surface area (Å²) < 4.78 is 27.6. The highest BCUT2D eigenvalue weighted by Crippen LogP contribution is 2.32. The monoisotopic (exact) mass is 365 g/mol. The van der Waals surface area contributed by atoms with E-state index >= 15 is 0 Å². The lowest BCUT2D eigenvalue weighted by Gasteiger charge is -2.02. The van der Waals surface area contributed by atoms with Gasteiger partial charge in [-0.2, -0.15) is 0 Å². The number of rotatable bonds is 6. The van der Waals surface area contributed by atoms with Gasteiger partial charge in [0.2, 0.25) is 5.13 Å². The summed E-state index contributed by atoms with van der Waals surface area (Å²) in [4.78, 5) is 7.86. The molecule has 0 fully saturated rings. The Morgan fingerprint density at radius 3 is 2.67 bits per heavy atom. The van der Waals surface area contributed by atoms with Gasteiger partial charge in [-0.25, -0.2) is 18.7 Å². The van der Waals surface area contributed by atoms with Crippen LogP contribution in [0.15, 0.2) is 40.0 Å². The van der Waals surface area contributed by atoms with Crippen LogP contribution in [0, 0.1) is 11.6 Å². The van der Waals surface area contributed by atoms with Crippen LogP contribution in [0.4, 0.5) is 13.9 Å². The van der Waals surface area contributed by atoms with E-state index in [1.807, 2.05) is 6.92 Å². The second kappa shape index (κ2) is 7.63. The fraction of sp³-hybridized carbons (Fsp3) is 0.200. The molecule has 3 aromatic rings. The SMILES string of the molecule is CCc1ncnc(Sc2nnc(NCc3ccc(F)cc3)s2)c1F. The molecule has 0 bridgehead atoms. The Bertz CT molecular complexity index is 823. The predicted octanol–water partition coefficient (Wildman–Crippen LogP) is 3.93. The number of aryl methyl sites for hydroxylation is 1. The largest absolute Gasteiger partial charge is 0.356 e. The zero-order valence-corrected chi connectivity index (χ0v) is 14.3. The van der Waals surface area contributed by atoms with Crippen molar-refractivity contribution in [1.82, 2.24) is 20.2 Å². The third kappa shape index (κ3) is 4.04. The third-order valence-corrected chi connectivity index (χ3v) is 5.02. The number of hydrogen-bond acceptors (Lipinski definition) is 7. The van der Waals surface area contributed by atoms with Crippen molar-refractivity contribution in [2.24, 2.45) is 0 Å². The Kier molecular flexibility index (Phi) is 5.31. The first-order chi connectivity index (χ1) is 11.7. The Balaban J connectivity index is 1.64. The van der Waals surface area contributed by atoms with Crippen molar-refractivity contribution in [2.45, 2.75) is 29.3 Å². The first kappa shape index (κ1) is 16.7. The zero-order valence-electron chi connectivity index (χ0n) is 12.7. The maximum atomic E-state index is 14.1. The van der Waals surface area contributed by atoms with E-state index < -0.39 is 5.82 Å². The predicted molar refractivity (Wildman–Crippen MR) is 89.1 cm³/mol. The highest BCUT2D eigenvalue weighted by atomic mass is 32.2. The van der Waals surface area contributed by atoms with E-state index in [9.17, 15) is 8.78 Å². The second-order valence-corrected chi connectivity index (χ2v) is 6.96. The lowest BCUT2D eigenvalue weighted by molar-refractivity contribution is 0.559.